The van der Waals surface area contributed by atoms with Crippen LogP contribution in [0, 0.1) is 0 Å². The van der Waals surface area contributed by atoms with Crippen LogP contribution in [0.15, 0.2) is 23.8 Å². The number of nitrogens with one attached hydrogen (secondary N) is 1. The number of hydrogen-bond acceptors (Lipinski definition) is 3. The van der Waals surface area contributed by atoms with E-state index in [1.54, 1.807) is 14.0 Å². The van der Waals surface area contributed by atoms with Crippen LogP contribution in [0.3, 0.4) is 0 Å². The molecule has 0 fully saturated rings. The number of allylic oxidation sites excluding steroid dienone is 1. The van der Waals surface area contributed by atoms with E-state index in [4.69, 9.17) is 9.47 Å². The summed E-state index contributed by atoms with van der Waals surface area (Å²) in [5, 5.41) is 2.70. The van der Waals surface area contributed by atoms with Gasteiger partial charge >= 0.3 is 6.09 Å². The molecule has 96 valence electrons. The van der Waals surface area contributed by atoms with E-state index in [-0.39, 0.29) is 11.7 Å². The normalized spacial score (nSPS) is 23.1. The Morgan fingerprint density at radius 3 is 3.00 bits per heavy atom. The van der Waals surface area contributed by atoms with Gasteiger partial charge < -0.3 is 14.8 Å². The highest BCUT2D eigenvalue weighted by Crippen LogP contribution is 2.25. The number of rotatable bonds is 5. The number of carbonyl (C=O) groups excluding carboxylic acids is 1. The van der Waals surface area contributed by atoms with E-state index in [0.29, 0.717) is 13.2 Å². The first kappa shape index (κ1) is 13.8. The molecule has 0 aromatic carbocycles. The fourth-order valence-electron chi connectivity index (χ4n) is 1.73. The minimum Gasteiger partial charge on any atom is -0.450 e. The molecule has 0 radical (unpaired) electrons. The quantitative estimate of drug-likeness (QED) is 0.801. The Morgan fingerprint density at radius 2 is 2.35 bits per heavy atom. The predicted molar refractivity (Wildman–Crippen MR) is 66.9 cm³/mol. The summed E-state index contributed by atoms with van der Waals surface area (Å²) < 4.78 is 10.2. The zero-order valence-corrected chi connectivity index (χ0v) is 10.8. The lowest BCUT2D eigenvalue weighted by Crippen LogP contribution is -2.28. The van der Waals surface area contributed by atoms with Gasteiger partial charge in [0.1, 0.15) is 0 Å². The summed E-state index contributed by atoms with van der Waals surface area (Å²) in [6, 6.07) is 0. The van der Waals surface area contributed by atoms with Crippen molar-refractivity contribution in [3.8, 4) is 0 Å². The number of amides is 1. The van der Waals surface area contributed by atoms with Crippen LogP contribution in [0.4, 0.5) is 4.79 Å². The molecule has 17 heavy (non-hydrogen) atoms. The molecule has 1 rings (SSSR count). The van der Waals surface area contributed by atoms with Gasteiger partial charge in [0.2, 0.25) is 0 Å². The average Bonchev–Trinajstić information content (AvgIpc) is 2.30. The van der Waals surface area contributed by atoms with Crippen molar-refractivity contribution < 1.29 is 14.3 Å². The molecule has 1 aliphatic rings. The standard InChI is InChI=1S/C13H21NO3/c1-4-17-12(15)14-9-7-11-6-5-8-13(2,10-11)16-3/h5-6,10H,4,7-9H2,1-3H3,(H,14,15). The molecule has 4 heteroatoms. The monoisotopic (exact) mass is 239 g/mol. The third kappa shape index (κ3) is 4.61. The van der Waals surface area contributed by atoms with Crippen LogP contribution < -0.4 is 5.32 Å². The number of carbonyl (C=O) groups is 1. The van der Waals surface area contributed by atoms with Gasteiger partial charge in [0.25, 0.3) is 0 Å². The van der Waals surface area contributed by atoms with Crippen molar-refractivity contribution in [2.24, 2.45) is 0 Å². The average molecular weight is 239 g/mol. The Labute approximate surface area is 103 Å². The molecule has 0 saturated carbocycles. The third-order valence-corrected chi connectivity index (χ3v) is 2.77. The van der Waals surface area contributed by atoms with Crippen LogP contribution in [0.2, 0.25) is 0 Å². The van der Waals surface area contributed by atoms with Gasteiger partial charge in [0, 0.05) is 13.7 Å². The van der Waals surface area contributed by atoms with E-state index in [1.165, 1.54) is 5.57 Å². The molecule has 1 N–H and O–H groups in total. The maximum absolute atomic E-state index is 11.1. The number of ether oxygens (including phenoxy) is 2. The van der Waals surface area contributed by atoms with Gasteiger partial charge in [-0.15, -0.1) is 0 Å². The highest BCUT2D eigenvalue weighted by molar-refractivity contribution is 5.67. The lowest BCUT2D eigenvalue weighted by atomic mass is 9.92. The van der Waals surface area contributed by atoms with Gasteiger partial charge in [-0.1, -0.05) is 12.2 Å². The van der Waals surface area contributed by atoms with Crippen LogP contribution in [-0.4, -0.2) is 32.0 Å². The first-order chi connectivity index (χ1) is 8.09. The number of methoxy groups -OCH3 is 1. The second-order valence-electron chi connectivity index (χ2n) is 4.24. The van der Waals surface area contributed by atoms with Crippen LogP contribution >= 0.6 is 0 Å². The van der Waals surface area contributed by atoms with Gasteiger partial charge in [-0.25, -0.2) is 4.79 Å². The second kappa shape index (κ2) is 6.45. The van der Waals surface area contributed by atoms with Crippen molar-refractivity contribution >= 4 is 6.09 Å². The van der Waals surface area contributed by atoms with E-state index in [9.17, 15) is 4.79 Å². The van der Waals surface area contributed by atoms with E-state index in [2.05, 4.69) is 30.5 Å². The molecule has 0 spiro atoms. The van der Waals surface area contributed by atoms with Gasteiger partial charge in [-0.2, -0.15) is 0 Å². The van der Waals surface area contributed by atoms with Crippen LogP contribution in [0.1, 0.15) is 26.7 Å². The minimum atomic E-state index is -0.359. The van der Waals surface area contributed by atoms with Crippen molar-refractivity contribution in [2.75, 3.05) is 20.3 Å². The maximum Gasteiger partial charge on any atom is 0.407 e. The largest absolute Gasteiger partial charge is 0.450 e. The van der Waals surface area contributed by atoms with E-state index in [1.807, 2.05) is 0 Å². The molecule has 0 aliphatic heterocycles. The maximum atomic E-state index is 11.1. The Bertz CT molecular complexity index is 323. The van der Waals surface area contributed by atoms with Crippen molar-refractivity contribution in [1.82, 2.24) is 5.32 Å². The molecule has 1 atom stereocenters. The van der Waals surface area contributed by atoms with Crippen molar-refractivity contribution in [3.05, 3.63) is 23.8 Å². The predicted octanol–water partition coefficient (Wildman–Crippen LogP) is 2.41. The highest BCUT2D eigenvalue weighted by Gasteiger charge is 2.21. The molecule has 0 bridgehead atoms. The zero-order valence-electron chi connectivity index (χ0n) is 10.8. The highest BCUT2D eigenvalue weighted by atomic mass is 16.5. The van der Waals surface area contributed by atoms with Gasteiger partial charge in [0.05, 0.1) is 12.2 Å². The minimum absolute atomic E-state index is 0.214. The first-order valence-electron chi connectivity index (χ1n) is 5.93. The summed E-state index contributed by atoms with van der Waals surface area (Å²) in [6.07, 6.45) is 7.60. The zero-order chi connectivity index (χ0) is 12.7. The summed E-state index contributed by atoms with van der Waals surface area (Å²) in [6.45, 7) is 4.82. The van der Waals surface area contributed by atoms with Crippen LogP contribution in [0.25, 0.3) is 0 Å². The molecule has 0 aromatic rings. The van der Waals surface area contributed by atoms with Crippen LogP contribution in [-0.2, 0) is 9.47 Å². The molecule has 4 nitrogen and oxygen atoms in total. The summed E-state index contributed by atoms with van der Waals surface area (Å²) >= 11 is 0. The molecular weight excluding hydrogens is 218 g/mol. The van der Waals surface area contributed by atoms with Crippen molar-refractivity contribution in [2.45, 2.75) is 32.3 Å². The second-order valence-corrected chi connectivity index (χ2v) is 4.24. The van der Waals surface area contributed by atoms with Gasteiger partial charge in [-0.05, 0) is 38.3 Å². The Balaban J connectivity index is 2.37. The molecule has 1 unspecified atom stereocenters. The fourth-order valence-corrected chi connectivity index (χ4v) is 1.73. The molecule has 0 heterocycles. The lowest BCUT2D eigenvalue weighted by molar-refractivity contribution is 0.0497. The molecule has 1 amide bonds. The SMILES string of the molecule is CCOC(=O)NCCC1=CC(C)(OC)CC=C1. The first-order valence-corrected chi connectivity index (χ1v) is 5.93. The lowest BCUT2D eigenvalue weighted by Gasteiger charge is -2.27. The third-order valence-electron chi connectivity index (χ3n) is 2.77. The van der Waals surface area contributed by atoms with Crippen molar-refractivity contribution in [3.63, 3.8) is 0 Å². The Hall–Kier alpha value is -1.29. The van der Waals surface area contributed by atoms with E-state index < -0.39 is 0 Å². The van der Waals surface area contributed by atoms with Gasteiger partial charge in [0.15, 0.2) is 0 Å². The molecule has 1 aliphatic carbocycles. The topological polar surface area (TPSA) is 47.6 Å². The smallest absolute Gasteiger partial charge is 0.407 e. The molecular formula is C13H21NO3. The van der Waals surface area contributed by atoms with E-state index >= 15 is 0 Å². The number of alkyl carbamates (subject to hydrolysis) is 1. The van der Waals surface area contributed by atoms with Crippen LogP contribution in [0.5, 0.6) is 0 Å². The van der Waals surface area contributed by atoms with Crippen molar-refractivity contribution in [1.29, 1.82) is 0 Å². The van der Waals surface area contributed by atoms with Gasteiger partial charge in [-0.3, -0.25) is 0 Å². The summed E-state index contributed by atoms with van der Waals surface area (Å²) in [5.41, 5.74) is 0.964. The molecule has 0 saturated heterocycles. The Kier molecular flexibility index (Phi) is 5.22. The van der Waals surface area contributed by atoms with E-state index in [0.717, 1.165) is 12.8 Å². The Morgan fingerprint density at radius 1 is 1.59 bits per heavy atom. The summed E-state index contributed by atoms with van der Waals surface area (Å²) in [5.74, 6) is 0. The fraction of sp³-hybridized carbons (Fsp3) is 0.615. The number of hydrogen-bond donors (Lipinski definition) is 1. The summed E-state index contributed by atoms with van der Waals surface area (Å²) in [4.78, 5) is 11.1. The molecule has 0 aromatic heterocycles. The summed E-state index contributed by atoms with van der Waals surface area (Å²) in [7, 11) is 1.71.